The molecule has 0 fully saturated rings. The van der Waals surface area contributed by atoms with Crippen LogP contribution >= 0.6 is 0 Å². The third-order valence-electron chi connectivity index (χ3n) is 5.22. The van der Waals surface area contributed by atoms with Crippen LogP contribution in [0.5, 0.6) is 0 Å². The second kappa shape index (κ2) is 11.4. The summed E-state index contributed by atoms with van der Waals surface area (Å²) in [5, 5.41) is 0. The molecule has 1 aromatic carbocycles. The fraction of sp³-hybridized carbons (Fsp3) is 0.714. The third-order valence-corrected chi connectivity index (χ3v) is 20.6. The van der Waals surface area contributed by atoms with Crippen molar-refractivity contribution in [2.75, 3.05) is 19.0 Å². The van der Waals surface area contributed by atoms with E-state index in [9.17, 15) is 0 Å². The van der Waals surface area contributed by atoms with Gasteiger partial charge in [-0.2, -0.15) is 0 Å². The predicted molar refractivity (Wildman–Crippen MR) is 109 cm³/mol. The van der Waals surface area contributed by atoms with E-state index in [0.29, 0.717) is 0 Å². The average molecular weight is 424 g/mol. The molecule has 0 aliphatic carbocycles. The molecule has 0 aliphatic rings. The van der Waals surface area contributed by atoms with Crippen molar-refractivity contribution in [2.24, 2.45) is 0 Å². The first-order valence-corrected chi connectivity index (χ1v) is 17.9. The Bertz CT molecular complexity index is 406. The van der Waals surface area contributed by atoms with E-state index in [0.717, 1.165) is 0 Å². The quantitative estimate of drug-likeness (QED) is 0.338. The Labute approximate surface area is 149 Å². The van der Waals surface area contributed by atoms with Crippen molar-refractivity contribution in [1.29, 1.82) is 0 Å². The first kappa shape index (κ1) is 20.9. The van der Waals surface area contributed by atoms with Crippen molar-refractivity contribution < 1.29 is 0 Å². The van der Waals surface area contributed by atoms with E-state index in [1.165, 1.54) is 48.6 Å². The van der Waals surface area contributed by atoms with Gasteiger partial charge in [0.15, 0.2) is 0 Å². The monoisotopic (exact) mass is 425 g/mol. The van der Waals surface area contributed by atoms with Gasteiger partial charge in [0.05, 0.1) is 0 Å². The van der Waals surface area contributed by atoms with Gasteiger partial charge in [-0.3, -0.25) is 0 Å². The van der Waals surface area contributed by atoms with Gasteiger partial charge in [0.25, 0.3) is 0 Å². The fourth-order valence-electron chi connectivity index (χ4n) is 3.80. The number of rotatable bonds is 12. The van der Waals surface area contributed by atoms with Crippen LogP contribution in [0.25, 0.3) is 0 Å². The Morgan fingerprint density at radius 3 is 1.70 bits per heavy atom. The molecule has 0 amide bonds. The molecule has 0 unspecified atom stereocenters. The number of anilines is 1. The number of para-hydroxylation sites is 1. The maximum absolute atomic E-state index is 2.41. The zero-order valence-corrected chi connectivity index (χ0v) is 19.2. The number of hydrogen-bond acceptors (Lipinski definition) is 1. The van der Waals surface area contributed by atoms with Crippen LogP contribution in [-0.2, 0) is 4.44 Å². The van der Waals surface area contributed by atoms with E-state index < -0.39 is 18.4 Å². The molecular weight excluding hydrogens is 385 g/mol. The van der Waals surface area contributed by atoms with Crippen LogP contribution < -0.4 is 4.90 Å². The molecule has 132 valence electrons. The van der Waals surface area contributed by atoms with Gasteiger partial charge in [0.1, 0.15) is 0 Å². The van der Waals surface area contributed by atoms with Crippen LogP contribution in [0.15, 0.2) is 24.3 Å². The van der Waals surface area contributed by atoms with Crippen LogP contribution in [0.1, 0.15) is 64.9 Å². The van der Waals surface area contributed by atoms with E-state index in [1.807, 2.05) is 0 Å². The Morgan fingerprint density at radius 1 is 0.783 bits per heavy atom. The summed E-state index contributed by atoms with van der Waals surface area (Å²) in [5.41, 5.74) is 3.09. The molecule has 0 aliphatic heterocycles. The van der Waals surface area contributed by atoms with Crippen LogP contribution in [0.2, 0.25) is 13.3 Å². The van der Waals surface area contributed by atoms with E-state index in [4.69, 9.17) is 0 Å². The molecule has 1 nitrogen and oxygen atoms in total. The summed E-state index contributed by atoms with van der Waals surface area (Å²) in [5.74, 6) is 0. The minimum atomic E-state index is -2.08. The molecule has 1 rings (SSSR count). The van der Waals surface area contributed by atoms with Crippen molar-refractivity contribution in [3.05, 3.63) is 29.8 Å². The normalized spacial score (nSPS) is 11.7. The molecule has 2 heteroatoms. The summed E-state index contributed by atoms with van der Waals surface area (Å²) >= 11 is -2.08. The molecular formula is C21H39NSn. The Kier molecular flexibility index (Phi) is 10.3. The van der Waals surface area contributed by atoms with Gasteiger partial charge in [-0.1, -0.05) is 0 Å². The van der Waals surface area contributed by atoms with E-state index in [2.05, 4.69) is 64.0 Å². The number of unbranched alkanes of at least 4 members (excludes halogenated alkanes) is 3. The Hall–Kier alpha value is -0.181. The molecule has 0 spiro atoms. The van der Waals surface area contributed by atoms with E-state index in [-0.39, 0.29) is 0 Å². The first-order valence-electron chi connectivity index (χ1n) is 9.83. The van der Waals surface area contributed by atoms with Crippen molar-refractivity contribution >= 4 is 24.1 Å². The van der Waals surface area contributed by atoms with Gasteiger partial charge in [0, 0.05) is 0 Å². The zero-order valence-electron chi connectivity index (χ0n) is 16.3. The summed E-state index contributed by atoms with van der Waals surface area (Å²) in [6.07, 6.45) is 8.50. The van der Waals surface area contributed by atoms with Crippen molar-refractivity contribution in [1.82, 2.24) is 0 Å². The average Bonchev–Trinajstić information content (AvgIpc) is 2.56. The van der Waals surface area contributed by atoms with Crippen molar-refractivity contribution in [2.45, 2.75) is 77.0 Å². The molecule has 0 saturated heterocycles. The molecule has 0 saturated carbocycles. The Morgan fingerprint density at radius 2 is 1.26 bits per heavy atom. The standard InChI is InChI=1S/C9H12N.3C4H9.Sn/c1-8-6-4-5-7-9(8)10(2)3;3*1-3-4-2;/h4-7H,1H2,2-3H3;3*1,3-4H2,2H3;. The summed E-state index contributed by atoms with van der Waals surface area (Å²) in [7, 11) is 4.39. The number of nitrogens with zero attached hydrogens (tertiary/aromatic N) is 1. The fourth-order valence-corrected chi connectivity index (χ4v) is 20.1. The summed E-state index contributed by atoms with van der Waals surface area (Å²) in [4.78, 5) is 2.31. The molecule has 0 atom stereocenters. The molecule has 0 N–H and O–H groups in total. The number of hydrogen-bond donors (Lipinski definition) is 0. The topological polar surface area (TPSA) is 3.24 Å². The molecule has 0 bridgehead atoms. The van der Waals surface area contributed by atoms with Gasteiger partial charge in [-0.15, -0.1) is 0 Å². The second-order valence-electron chi connectivity index (χ2n) is 7.51. The second-order valence-corrected chi connectivity index (χ2v) is 21.4. The number of benzene rings is 1. The van der Waals surface area contributed by atoms with Crippen LogP contribution in [-0.4, -0.2) is 32.5 Å². The molecule has 1 aromatic rings. The van der Waals surface area contributed by atoms with Gasteiger partial charge in [-0.05, 0) is 0 Å². The summed E-state index contributed by atoms with van der Waals surface area (Å²) in [6.45, 7) is 7.10. The van der Waals surface area contributed by atoms with E-state index >= 15 is 0 Å². The first-order chi connectivity index (χ1) is 11.1. The van der Waals surface area contributed by atoms with E-state index in [1.54, 1.807) is 18.9 Å². The molecule has 0 heterocycles. The van der Waals surface area contributed by atoms with Crippen LogP contribution in [0.3, 0.4) is 0 Å². The molecule has 0 radical (unpaired) electrons. The van der Waals surface area contributed by atoms with Gasteiger partial charge in [-0.25, -0.2) is 0 Å². The predicted octanol–water partition coefficient (Wildman–Crippen LogP) is 6.68. The molecule has 23 heavy (non-hydrogen) atoms. The van der Waals surface area contributed by atoms with Crippen molar-refractivity contribution in [3.63, 3.8) is 0 Å². The Balaban J connectivity index is 3.05. The SMILES string of the molecule is CCC[CH2][Sn]([CH2]CCC)([CH2]CCC)[CH2]c1ccccc1N(C)C. The van der Waals surface area contributed by atoms with Gasteiger partial charge < -0.3 is 0 Å². The molecule has 0 aromatic heterocycles. The van der Waals surface area contributed by atoms with Crippen LogP contribution in [0, 0.1) is 0 Å². The zero-order chi connectivity index (χ0) is 17.1. The minimum absolute atomic E-state index is 1.37. The maximum atomic E-state index is 2.41. The summed E-state index contributed by atoms with van der Waals surface area (Å²) < 4.78 is 6.27. The third kappa shape index (κ3) is 7.07. The van der Waals surface area contributed by atoms with Crippen molar-refractivity contribution in [3.8, 4) is 0 Å². The van der Waals surface area contributed by atoms with Gasteiger partial charge >= 0.3 is 150 Å². The van der Waals surface area contributed by atoms with Gasteiger partial charge in [0.2, 0.25) is 0 Å². The van der Waals surface area contributed by atoms with Crippen LogP contribution in [0.4, 0.5) is 5.69 Å². The summed E-state index contributed by atoms with van der Waals surface area (Å²) in [6, 6.07) is 9.16.